The van der Waals surface area contributed by atoms with Crippen LogP contribution in [0.5, 0.6) is 0 Å². The number of para-hydroxylation sites is 2. The van der Waals surface area contributed by atoms with Crippen molar-refractivity contribution in [3.8, 4) is 0 Å². The van der Waals surface area contributed by atoms with E-state index in [-0.39, 0.29) is 11.9 Å². The summed E-state index contributed by atoms with van der Waals surface area (Å²) < 4.78 is 25.7. The summed E-state index contributed by atoms with van der Waals surface area (Å²) >= 11 is 0. The lowest BCUT2D eigenvalue weighted by Gasteiger charge is -2.12. The van der Waals surface area contributed by atoms with Gasteiger partial charge in [-0.05, 0) is 18.6 Å². The summed E-state index contributed by atoms with van der Waals surface area (Å²) in [5.41, 5.74) is 0.518. The Hall–Kier alpha value is -2.09. The molecule has 1 aromatic heterocycles. The SMILES string of the molecule is CCCCCCC(C(=O)O)S(=O)(=O)c1nc2ccccc2n1O. The molecule has 2 N–H and O–H groups in total. The zero-order valence-electron chi connectivity index (χ0n) is 12.8. The van der Waals surface area contributed by atoms with Gasteiger partial charge in [0.1, 0.15) is 5.52 Å². The third-order valence-corrected chi connectivity index (χ3v) is 5.69. The Balaban J connectivity index is 2.36. The van der Waals surface area contributed by atoms with E-state index < -0.39 is 26.2 Å². The topological polar surface area (TPSA) is 109 Å². The smallest absolute Gasteiger partial charge is 0.322 e. The number of fused-ring (bicyclic) bond motifs is 1. The highest BCUT2D eigenvalue weighted by Crippen LogP contribution is 2.24. The molecule has 8 heteroatoms. The Kier molecular flexibility index (Phi) is 5.25. The highest BCUT2D eigenvalue weighted by Gasteiger charge is 2.37. The first-order valence-electron chi connectivity index (χ1n) is 7.53. The Morgan fingerprint density at radius 3 is 2.57 bits per heavy atom. The predicted molar refractivity (Wildman–Crippen MR) is 84.3 cm³/mol. The van der Waals surface area contributed by atoms with Crippen LogP contribution in [0.4, 0.5) is 0 Å². The number of unbranched alkanes of at least 4 members (excludes halogenated alkanes) is 3. The maximum Gasteiger partial charge on any atom is 0.322 e. The van der Waals surface area contributed by atoms with Crippen molar-refractivity contribution in [2.45, 2.75) is 49.4 Å². The van der Waals surface area contributed by atoms with Crippen molar-refractivity contribution in [3.05, 3.63) is 24.3 Å². The third-order valence-electron chi connectivity index (χ3n) is 3.73. The van der Waals surface area contributed by atoms with E-state index in [1.54, 1.807) is 18.2 Å². The maximum absolute atomic E-state index is 12.6. The van der Waals surface area contributed by atoms with Gasteiger partial charge in [0.15, 0.2) is 5.25 Å². The molecule has 0 spiro atoms. The van der Waals surface area contributed by atoms with Crippen LogP contribution in [0, 0.1) is 0 Å². The molecule has 1 unspecified atom stereocenters. The number of imidazole rings is 1. The molecule has 0 aliphatic heterocycles. The van der Waals surface area contributed by atoms with Crippen LogP contribution in [0.2, 0.25) is 0 Å². The Morgan fingerprint density at radius 2 is 1.96 bits per heavy atom. The molecule has 1 atom stereocenters. The average molecular weight is 340 g/mol. The second kappa shape index (κ2) is 6.99. The van der Waals surface area contributed by atoms with Gasteiger partial charge in [-0.3, -0.25) is 4.79 Å². The fourth-order valence-corrected chi connectivity index (χ4v) is 4.03. The van der Waals surface area contributed by atoms with E-state index >= 15 is 0 Å². The quantitative estimate of drug-likeness (QED) is 0.564. The average Bonchev–Trinajstić information content (AvgIpc) is 2.85. The fourth-order valence-electron chi connectivity index (χ4n) is 2.47. The van der Waals surface area contributed by atoms with Gasteiger partial charge in [-0.25, -0.2) is 13.4 Å². The van der Waals surface area contributed by atoms with E-state index in [4.69, 9.17) is 0 Å². The molecule has 2 rings (SSSR count). The minimum absolute atomic E-state index is 0.000865. The van der Waals surface area contributed by atoms with Crippen molar-refractivity contribution in [2.24, 2.45) is 0 Å². The number of hydrogen-bond donors (Lipinski definition) is 2. The lowest BCUT2D eigenvalue weighted by molar-refractivity contribution is -0.136. The van der Waals surface area contributed by atoms with Gasteiger partial charge in [0.25, 0.3) is 5.16 Å². The molecule has 0 aliphatic rings. The van der Waals surface area contributed by atoms with Gasteiger partial charge in [-0.15, -0.1) is 0 Å². The van der Waals surface area contributed by atoms with E-state index in [1.807, 2.05) is 6.92 Å². The summed E-state index contributed by atoms with van der Waals surface area (Å²) in [5, 5.41) is 17.1. The molecule has 0 radical (unpaired) electrons. The normalized spacial score (nSPS) is 13.3. The minimum atomic E-state index is -4.28. The van der Waals surface area contributed by atoms with Crippen molar-refractivity contribution in [1.82, 2.24) is 9.71 Å². The number of carboxylic acids is 1. The molecule has 0 aliphatic carbocycles. The van der Waals surface area contributed by atoms with Gasteiger partial charge >= 0.3 is 5.97 Å². The van der Waals surface area contributed by atoms with Crippen LogP contribution in [-0.2, 0) is 14.6 Å². The van der Waals surface area contributed by atoms with Crippen LogP contribution < -0.4 is 0 Å². The highest BCUT2D eigenvalue weighted by atomic mass is 32.2. The third kappa shape index (κ3) is 3.47. The first-order chi connectivity index (χ1) is 10.9. The maximum atomic E-state index is 12.6. The molecular weight excluding hydrogens is 320 g/mol. The summed E-state index contributed by atoms with van der Waals surface area (Å²) in [7, 11) is -4.28. The van der Waals surface area contributed by atoms with Gasteiger partial charge < -0.3 is 10.3 Å². The predicted octanol–water partition coefficient (Wildman–Crippen LogP) is 2.47. The molecule has 0 amide bonds. The highest BCUT2D eigenvalue weighted by molar-refractivity contribution is 7.92. The molecule has 7 nitrogen and oxygen atoms in total. The molecule has 0 saturated heterocycles. The number of carbonyl (C=O) groups is 1. The minimum Gasteiger partial charge on any atom is -0.480 e. The number of aliphatic carboxylic acids is 1. The Bertz CT molecular complexity index is 797. The molecule has 126 valence electrons. The van der Waals surface area contributed by atoms with Gasteiger partial charge in [-0.2, -0.15) is 4.73 Å². The van der Waals surface area contributed by atoms with Crippen LogP contribution in [0.15, 0.2) is 29.4 Å². The molecule has 23 heavy (non-hydrogen) atoms. The largest absolute Gasteiger partial charge is 0.480 e. The Morgan fingerprint density at radius 1 is 1.26 bits per heavy atom. The molecule has 1 heterocycles. The van der Waals surface area contributed by atoms with Gasteiger partial charge in [-0.1, -0.05) is 44.7 Å². The van der Waals surface area contributed by atoms with Crippen molar-refractivity contribution in [1.29, 1.82) is 0 Å². The van der Waals surface area contributed by atoms with Crippen molar-refractivity contribution in [3.63, 3.8) is 0 Å². The summed E-state index contributed by atoms with van der Waals surface area (Å²) in [5.74, 6) is -1.42. The number of benzene rings is 1. The lowest BCUT2D eigenvalue weighted by atomic mass is 10.1. The molecule has 0 bridgehead atoms. The van der Waals surface area contributed by atoms with E-state index in [1.165, 1.54) is 6.07 Å². The summed E-state index contributed by atoms with van der Waals surface area (Å²) in [6, 6.07) is 6.36. The zero-order valence-corrected chi connectivity index (χ0v) is 13.7. The van der Waals surface area contributed by atoms with Crippen molar-refractivity contribution in [2.75, 3.05) is 0 Å². The summed E-state index contributed by atoms with van der Waals surface area (Å²) in [6.07, 6.45) is 3.16. The second-order valence-electron chi connectivity index (χ2n) is 5.42. The number of nitrogens with zero attached hydrogens (tertiary/aromatic N) is 2. The van der Waals surface area contributed by atoms with E-state index in [2.05, 4.69) is 4.98 Å². The van der Waals surface area contributed by atoms with Crippen LogP contribution in [0.25, 0.3) is 11.0 Å². The van der Waals surface area contributed by atoms with Gasteiger partial charge in [0.2, 0.25) is 9.84 Å². The standard InChI is InChI=1S/C15H20N2O5S/c1-2-3-4-5-10-13(14(18)19)23(21,22)15-16-11-8-6-7-9-12(11)17(15)20/h6-9,13,20H,2-5,10H2,1H3,(H,18,19). The van der Waals surface area contributed by atoms with Crippen LogP contribution >= 0.6 is 0 Å². The number of sulfone groups is 1. The van der Waals surface area contributed by atoms with E-state index in [0.717, 1.165) is 19.3 Å². The summed E-state index contributed by atoms with van der Waals surface area (Å²) in [4.78, 5) is 15.3. The zero-order chi connectivity index (χ0) is 17.0. The van der Waals surface area contributed by atoms with Gasteiger partial charge in [0.05, 0.1) is 5.52 Å². The molecule has 0 fully saturated rings. The fraction of sp³-hybridized carbons (Fsp3) is 0.467. The van der Waals surface area contributed by atoms with E-state index in [0.29, 0.717) is 16.7 Å². The molecular formula is C15H20N2O5S. The van der Waals surface area contributed by atoms with Gasteiger partial charge in [0, 0.05) is 0 Å². The number of rotatable bonds is 8. The molecule has 2 aromatic rings. The van der Waals surface area contributed by atoms with Crippen LogP contribution in [0.1, 0.15) is 39.0 Å². The molecule has 0 saturated carbocycles. The van der Waals surface area contributed by atoms with Crippen LogP contribution in [-0.4, -0.2) is 39.7 Å². The number of hydrogen-bond acceptors (Lipinski definition) is 5. The Labute approximate surface area is 134 Å². The van der Waals surface area contributed by atoms with Crippen molar-refractivity contribution < 1.29 is 23.5 Å². The van der Waals surface area contributed by atoms with E-state index in [9.17, 15) is 23.5 Å². The summed E-state index contributed by atoms with van der Waals surface area (Å²) in [6.45, 7) is 2.01. The lowest BCUT2D eigenvalue weighted by Crippen LogP contribution is -2.32. The second-order valence-corrected chi connectivity index (χ2v) is 7.44. The van der Waals surface area contributed by atoms with Crippen LogP contribution in [0.3, 0.4) is 0 Å². The first kappa shape index (κ1) is 17.3. The first-order valence-corrected chi connectivity index (χ1v) is 9.07. The number of aromatic nitrogens is 2. The number of carboxylic acid groups (broad SMARTS) is 1. The van der Waals surface area contributed by atoms with Crippen molar-refractivity contribution >= 4 is 26.8 Å². The molecule has 1 aromatic carbocycles. The monoisotopic (exact) mass is 340 g/mol.